The number of nitrogens with two attached hydrogens (primary N) is 1. The molecule has 2 rings (SSSR count). The molecule has 1 aromatic carbocycles. The Balaban J connectivity index is 1.86. The quantitative estimate of drug-likeness (QED) is 0.347. The van der Waals surface area contributed by atoms with Crippen LogP contribution in [-0.4, -0.2) is 26.1 Å². The van der Waals surface area contributed by atoms with Gasteiger partial charge in [0.25, 0.3) is 0 Å². The first-order valence-corrected chi connectivity index (χ1v) is 8.83. The van der Waals surface area contributed by atoms with Crippen LogP contribution in [0.15, 0.2) is 52.2 Å². The highest BCUT2D eigenvalue weighted by Gasteiger charge is 2.17. The van der Waals surface area contributed by atoms with E-state index in [1.165, 1.54) is 12.3 Å². The zero-order valence-electron chi connectivity index (χ0n) is 12.3. The lowest BCUT2D eigenvalue weighted by molar-refractivity contribution is 0.166. The van der Waals surface area contributed by atoms with E-state index in [1.54, 1.807) is 30.3 Å². The summed E-state index contributed by atoms with van der Waals surface area (Å²) in [6.45, 7) is 0. The Bertz CT molecular complexity index is 817. The number of hydrogen-bond acceptors (Lipinski definition) is 6. The van der Waals surface area contributed by atoms with Crippen LogP contribution in [0.4, 0.5) is 10.5 Å². The number of hydrogen-bond donors (Lipinski definition) is 2. The van der Waals surface area contributed by atoms with Crippen LogP contribution in [0.5, 0.6) is 0 Å². The Labute approximate surface area is 143 Å². The van der Waals surface area contributed by atoms with Gasteiger partial charge >= 0.3 is 6.09 Å². The molecule has 0 aliphatic rings. The number of carbonyl (C=O) groups is 1. The summed E-state index contributed by atoms with van der Waals surface area (Å²) in [5.74, 6) is -0.966. The maximum atomic E-state index is 11.9. The highest BCUT2D eigenvalue weighted by atomic mass is 35.5. The summed E-state index contributed by atoms with van der Waals surface area (Å²) < 4.78 is 28.7. The molecule has 24 heavy (non-hydrogen) atoms. The number of oxime groups is 1. The number of halogens is 1. The molecule has 0 saturated carbocycles. The van der Waals surface area contributed by atoms with Gasteiger partial charge in [-0.2, -0.15) is 0 Å². The second-order valence-electron chi connectivity index (χ2n) is 4.70. The standard InChI is InChI=1S/C14H14ClN3O5S/c15-10-3-5-11(6-4-10)17-14(19)23-18-13(16)9-24(20,21)8-12-2-1-7-22-12/h1-7H,8-9H2,(H2,16,18)(H,17,19). The van der Waals surface area contributed by atoms with Gasteiger partial charge < -0.3 is 10.2 Å². The lowest BCUT2D eigenvalue weighted by Crippen LogP contribution is -2.26. The van der Waals surface area contributed by atoms with Gasteiger partial charge in [0.15, 0.2) is 15.7 Å². The molecule has 0 fully saturated rings. The molecule has 2 aromatic rings. The molecular formula is C14H14ClN3O5S. The van der Waals surface area contributed by atoms with Gasteiger partial charge in [-0.05, 0) is 36.4 Å². The summed E-state index contributed by atoms with van der Waals surface area (Å²) >= 11 is 5.72. The average molecular weight is 372 g/mol. The highest BCUT2D eigenvalue weighted by Crippen LogP contribution is 2.13. The zero-order valence-corrected chi connectivity index (χ0v) is 13.9. The van der Waals surface area contributed by atoms with Crippen LogP contribution in [0.2, 0.25) is 5.02 Å². The molecule has 1 amide bonds. The molecule has 0 bridgehead atoms. The van der Waals surface area contributed by atoms with Crippen LogP contribution >= 0.6 is 11.6 Å². The molecular weight excluding hydrogens is 358 g/mol. The fourth-order valence-corrected chi connectivity index (χ4v) is 3.02. The van der Waals surface area contributed by atoms with Gasteiger partial charge in [0.1, 0.15) is 17.3 Å². The predicted molar refractivity (Wildman–Crippen MR) is 89.4 cm³/mol. The van der Waals surface area contributed by atoms with Crippen molar-refractivity contribution in [1.82, 2.24) is 0 Å². The molecule has 0 spiro atoms. The summed E-state index contributed by atoms with van der Waals surface area (Å²) in [5, 5.41) is 6.19. The van der Waals surface area contributed by atoms with Crippen molar-refractivity contribution in [2.45, 2.75) is 5.75 Å². The van der Waals surface area contributed by atoms with E-state index >= 15 is 0 Å². The SMILES string of the molecule is NC(CS(=O)(=O)Cc1ccco1)=NOC(=O)Nc1ccc(Cl)cc1. The van der Waals surface area contributed by atoms with Gasteiger partial charge in [-0.3, -0.25) is 10.2 Å². The minimum Gasteiger partial charge on any atom is -0.468 e. The van der Waals surface area contributed by atoms with Crippen molar-refractivity contribution < 1.29 is 22.5 Å². The molecule has 0 radical (unpaired) electrons. The first-order valence-electron chi connectivity index (χ1n) is 6.63. The zero-order chi connectivity index (χ0) is 17.6. The van der Waals surface area contributed by atoms with Crippen molar-refractivity contribution in [2.24, 2.45) is 10.9 Å². The third-order valence-electron chi connectivity index (χ3n) is 2.65. The Morgan fingerprint density at radius 1 is 1.29 bits per heavy atom. The number of sulfone groups is 1. The van der Waals surface area contributed by atoms with Crippen molar-refractivity contribution in [1.29, 1.82) is 0 Å². The smallest absolute Gasteiger partial charge is 0.437 e. The van der Waals surface area contributed by atoms with Crippen LogP contribution < -0.4 is 11.1 Å². The lowest BCUT2D eigenvalue weighted by atomic mass is 10.3. The Morgan fingerprint density at radius 2 is 2.00 bits per heavy atom. The van der Waals surface area contributed by atoms with Crippen molar-refractivity contribution >= 4 is 39.1 Å². The molecule has 0 aliphatic carbocycles. The average Bonchev–Trinajstić information content (AvgIpc) is 2.99. The minimum absolute atomic E-state index is 0.282. The second kappa shape index (κ2) is 7.84. The summed E-state index contributed by atoms with van der Waals surface area (Å²) in [4.78, 5) is 16.0. The van der Waals surface area contributed by atoms with Gasteiger partial charge in [0, 0.05) is 10.7 Å². The fourth-order valence-electron chi connectivity index (χ4n) is 1.69. The lowest BCUT2D eigenvalue weighted by Gasteiger charge is -2.04. The van der Waals surface area contributed by atoms with Crippen LogP contribution in [0, 0.1) is 0 Å². The minimum atomic E-state index is -3.59. The van der Waals surface area contributed by atoms with Crippen LogP contribution in [0.25, 0.3) is 0 Å². The first-order chi connectivity index (χ1) is 11.3. The maximum absolute atomic E-state index is 11.9. The Kier molecular flexibility index (Phi) is 5.83. The predicted octanol–water partition coefficient (Wildman–Crippen LogP) is 2.37. The van der Waals surface area contributed by atoms with E-state index in [0.29, 0.717) is 10.7 Å². The summed E-state index contributed by atoms with van der Waals surface area (Å²) in [6.07, 6.45) is 0.454. The van der Waals surface area contributed by atoms with E-state index in [0.717, 1.165) is 0 Å². The Morgan fingerprint density at radius 3 is 2.62 bits per heavy atom. The normalized spacial score (nSPS) is 12.0. The number of nitrogens with one attached hydrogen (secondary N) is 1. The Hall–Kier alpha value is -2.52. The molecule has 0 aliphatic heterocycles. The number of nitrogens with zero attached hydrogens (tertiary/aromatic N) is 1. The van der Waals surface area contributed by atoms with Gasteiger partial charge in [-0.1, -0.05) is 16.8 Å². The number of carbonyl (C=O) groups excluding carboxylic acids is 1. The van der Waals surface area contributed by atoms with Crippen LogP contribution in [0.3, 0.4) is 0 Å². The molecule has 0 saturated heterocycles. The number of furan rings is 1. The first kappa shape index (κ1) is 17.8. The van der Waals surface area contributed by atoms with E-state index in [2.05, 4.69) is 15.3 Å². The number of rotatable bonds is 6. The third-order valence-corrected chi connectivity index (χ3v) is 4.36. The molecule has 1 aromatic heterocycles. The third kappa shape index (κ3) is 5.94. The number of benzene rings is 1. The largest absolute Gasteiger partial charge is 0.468 e. The van der Waals surface area contributed by atoms with Crippen LogP contribution in [-0.2, 0) is 20.4 Å². The van der Waals surface area contributed by atoms with Crippen LogP contribution in [0.1, 0.15) is 5.76 Å². The maximum Gasteiger partial charge on any atom is 0.437 e. The summed E-state index contributed by atoms with van der Waals surface area (Å²) in [5.41, 5.74) is 5.90. The van der Waals surface area contributed by atoms with Crippen molar-refractivity contribution in [3.63, 3.8) is 0 Å². The molecule has 8 nitrogen and oxygen atoms in total. The monoisotopic (exact) mass is 371 g/mol. The second-order valence-corrected chi connectivity index (χ2v) is 7.21. The van der Waals surface area contributed by atoms with Gasteiger partial charge in [-0.25, -0.2) is 13.2 Å². The van der Waals surface area contributed by atoms with Crippen molar-refractivity contribution in [3.8, 4) is 0 Å². The van der Waals surface area contributed by atoms with Gasteiger partial charge in [-0.15, -0.1) is 0 Å². The number of amides is 1. The molecule has 3 N–H and O–H groups in total. The van der Waals surface area contributed by atoms with Gasteiger partial charge in [0.2, 0.25) is 0 Å². The molecule has 10 heteroatoms. The molecule has 0 atom stereocenters. The molecule has 1 heterocycles. The van der Waals surface area contributed by atoms with E-state index in [1.807, 2.05) is 0 Å². The number of amidine groups is 1. The molecule has 0 unspecified atom stereocenters. The summed E-state index contributed by atoms with van der Waals surface area (Å²) in [7, 11) is -3.59. The topological polar surface area (TPSA) is 124 Å². The fraction of sp³-hybridized carbons (Fsp3) is 0.143. The molecule has 128 valence electrons. The van der Waals surface area contributed by atoms with E-state index in [4.69, 9.17) is 21.8 Å². The number of anilines is 1. The van der Waals surface area contributed by atoms with Crippen molar-refractivity contribution in [2.75, 3.05) is 11.1 Å². The highest BCUT2D eigenvalue weighted by molar-refractivity contribution is 7.91. The van der Waals surface area contributed by atoms with E-state index < -0.39 is 21.7 Å². The van der Waals surface area contributed by atoms with E-state index in [9.17, 15) is 13.2 Å². The van der Waals surface area contributed by atoms with Crippen molar-refractivity contribution in [3.05, 3.63) is 53.4 Å². The summed E-state index contributed by atoms with van der Waals surface area (Å²) in [6, 6.07) is 9.38. The van der Waals surface area contributed by atoms with E-state index in [-0.39, 0.29) is 17.3 Å². The van der Waals surface area contributed by atoms with Gasteiger partial charge in [0.05, 0.1) is 6.26 Å².